The van der Waals surface area contributed by atoms with Crippen molar-refractivity contribution in [3.05, 3.63) is 130 Å². The third kappa shape index (κ3) is 12.9. The Morgan fingerprint density at radius 3 is 1.68 bits per heavy atom. The summed E-state index contributed by atoms with van der Waals surface area (Å²) in [5, 5.41) is 37.4. The number of anilines is 2. The van der Waals surface area contributed by atoms with Gasteiger partial charge in [-0.1, -0.05) is 54.9 Å². The first-order valence-corrected chi connectivity index (χ1v) is 21.5. The van der Waals surface area contributed by atoms with E-state index in [0.717, 1.165) is 34.7 Å². The molecule has 0 atom stereocenters. The molecule has 350 valence electrons. The molecule has 6 aromatic rings. The lowest BCUT2D eigenvalue weighted by Gasteiger charge is -2.27. The number of benzene rings is 4. The van der Waals surface area contributed by atoms with Crippen molar-refractivity contribution < 1.29 is 54.9 Å². The SMILES string of the molecule is C.COc1ccc(-c2n[nH]c3c2CN(C(=O)Nc2cccc(Cl)c2)CC3)cc1.COc1ccc(B(O)O)cc1.O=C(Nc1cccc(Cl)c1)N1CCc2[nH]nc(OS(=O)(=O)C(F)(F)F)c2C1. The average Bonchev–Trinajstić information content (AvgIpc) is 3.89. The summed E-state index contributed by atoms with van der Waals surface area (Å²) < 4.78 is 74.1. The van der Waals surface area contributed by atoms with Gasteiger partial charge in [0.2, 0.25) is 0 Å². The molecule has 17 nitrogen and oxygen atoms in total. The van der Waals surface area contributed by atoms with E-state index < -0.39 is 34.7 Å². The highest BCUT2D eigenvalue weighted by molar-refractivity contribution is 7.88. The highest BCUT2D eigenvalue weighted by Crippen LogP contribution is 2.33. The van der Waals surface area contributed by atoms with Crippen molar-refractivity contribution >= 4 is 69.3 Å². The fraction of sp³-hybridized carbons (Fsp3) is 0.238. The van der Waals surface area contributed by atoms with Gasteiger partial charge in [-0.2, -0.15) is 26.7 Å². The first kappa shape index (κ1) is 50.5. The van der Waals surface area contributed by atoms with E-state index in [9.17, 15) is 31.2 Å². The number of halogens is 5. The number of hydrogen-bond acceptors (Lipinski definition) is 11. The standard InChI is InChI=1S/C20H19ClN4O2.C14H12ClF3N4O4S.C7H9BO3.CH4/c1-27-16-7-5-13(6-8-16)19-17-12-25(10-9-18(17)23-24-19)20(26)22-15-4-2-3-14(21)11-15;15-8-2-1-3-9(6-8)19-13(23)22-5-4-11-10(7-22)12(21-20-11)26-27(24,25)14(16,17)18;1-11-7-4-2-6(3-5-7)8(9)10;/h2-8,11H,9-10,12H2,1H3,(H,22,26)(H,23,24);1-3,6H,4-5,7H2,(H,19,23)(H,20,21);2-5,9-10H,1H3;1H4. The number of nitrogens with one attached hydrogen (secondary N) is 4. The Morgan fingerprint density at radius 1 is 0.742 bits per heavy atom. The molecule has 0 fully saturated rings. The highest BCUT2D eigenvalue weighted by atomic mass is 35.5. The van der Waals surface area contributed by atoms with Crippen LogP contribution in [-0.2, 0) is 36.0 Å². The lowest BCUT2D eigenvalue weighted by atomic mass is 9.80. The highest BCUT2D eigenvalue weighted by Gasteiger charge is 2.49. The number of H-pyrrole nitrogens is 2. The van der Waals surface area contributed by atoms with Gasteiger partial charge < -0.3 is 44.1 Å². The summed E-state index contributed by atoms with van der Waals surface area (Å²) in [6.45, 7) is 1.19. The van der Waals surface area contributed by atoms with Gasteiger partial charge in [0.05, 0.1) is 38.6 Å². The zero-order valence-electron chi connectivity index (χ0n) is 34.4. The number of fused-ring (bicyclic) bond motifs is 2. The molecule has 24 heteroatoms. The van der Waals surface area contributed by atoms with E-state index in [1.54, 1.807) is 73.7 Å². The van der Waals surface area contributed by atoms with Crippen LogP contribution in [0.3, 0.4) is 0 Å². The van der Waals surface area contributed by atoms with Crippen molar-refractivity contribution in [1.82, 2.24) is 30.2 Å². The van der Waals surface area contributed by atoms with Crippen molar-refractivity contribution in [2.75, 3.05) is 37.9 Å². The van der Waals surface area contributed by atoms with Gasteiger partial charge in [0.25, 0.3) is 5.88 Å². The van der Waals surface area contributed by atoms with E-state index in [0.29, 0.717) is 51.4 Å². The van der Waals surface area contributed by atoms with E-state index in [4.69, 9.17) is 42.7 Å². The molecule has 8 rings (SSSR count). The molecule has 66 heavy (non-hydrogen) atoms. The van der Waals surface area contributed by atoms with Crippen LogP contribution in [0.5, 0.6) is 17.4 Å². The number of ether oxygens (including phenoxy) is 2. The number of aromatic amines is 2. The Morgan fingerprint density at radius 2 is 1.21 bits per heavy atom. The molecule has 0 radical (unpaired) electrons. The van der Waals surface area contributed by atoms with E-state index >= 15 is 0 Å². The summed E-state index contributed by atoms with van der Waals surface area (Å²) in [6.07, 6.45) is 0.974. The third-order valence-corrected chi connectivity index (χ3v) is 11.2. The molecular weight excluding hydrogens is 931 g/mol. The Balaban J connectivity index is 0.000000200. The van der Waals surface area contributed by atoms with Gasteiger partial charge in [0.15, 0.2) is 0 Å². The number of methoxy groups -OCH3 is 2. The van der Waals surface area contributed by atoms with Crippen LogP contribution in [0.1, 0.15) is 29.9 Å². The lowest BCUT2D eigenvalue weighted by molar-refractivity contribution is -0.0501. The first-order valence-electron chi connectivity index (χ1n) is 19.3. The van der Waals surface area contributed by atoms with E-state index in [2.05, 4.69) is 35.2 Å². The summed E-state index contributed by atoms with van der Waals surface area (Å²) in [4.78, 5) is 28.1. The fourth-order valence-electron chi connectivity index (χ4n) is 6.43. The van der Waals surface area contributed by atoms with Crippen molar-refractivity contribution in [2.45, 2.75) is 38.9 Å². The topological polar surface area (TPSA) is 224 Å². The van der Waals surface area contributed by atoms with Gasteiger partial charge in [-0.3, -0.25) is 10.2 Å². The Labute approximate surface area is 388 Å². The van der Waals surface area contributed by atoms with E-state index in [1.807, 2.05) is 36.4 Å². The van der Waals surface area contributed by atoms with Gasteiger partial charge in [-0.05, 0) is 78.3 Å². The summed E-state index contributed by atoms with van der Waals surface area (Å²) in [6, 6.07) is 27.2. The van der Waals surface area contributed by atoms with E-state index in [1.165, 1.54) is 11.0 Å². The van der Waals surface area contributed by atoms with Crippen LogP contribution in [-0.4, -0.2) is 101 Å². The lowest BCUT2D eigenvalue weighted by Crippen LogP contribution is -2.39. The molecule has 4 amide bonds. The molecule has 0 unspecified atom stereocenters. The zero-order valence-corrected chi connectivity index (χ0v) is 36.7. The van der Waals surface area contributed by atoms with Crippen LogP contribution in [0.15, 0.2) is 97.1 Å². The third-order valence-electron chi connectivity index (χ3n) is 9.80. The van der Waals surface area contributed by atoms with Crippen LogP contribution in [0.4, 0.5) is 34.1 Å². The quantitative estimate of drug-likeness (QED) is 0.0507. The second-order valence-electron chi connectivity index (χ2n) is 14.1. The minimum Gasteiger partial charge on any atom is -0.497 e. The van der Waals surface area contributed by atoms with Crippen LogP contribution < -0.4 is 29.8 Å². The smallest absolute Gasteiger partial charge is 0.497 e. The molecule has 0 bridgehead atoms. The summed E-state index contributed by atoms with van der Waals surface area (Å²) in [7, 11) is -4.06. The van der Waals surface area contributed by atoms with E-state index in [-0.39, 0.29) is 38.5 Å². The Hall–Kier alpha value is -6.46. The largest absolute Gasteiger partial charge is 0.534 e. The number of aromatic nitrogens is 4. The molecule has 0 saturated carbocycles. The number of alkyl halides is 3. The molecule has 2 aliphatic heterocycles. The number of carbonyl (C=O) groups is 2. The number of amides is 4. The second-order valence-corrected chi connectivity index (χ2v) is 16.5. The molecule has 4 aromatic carbocycles. The molecule has 0 saturated heterocycles. The molecular formula is C42H44BCl2F3N8O9S. The maximum absolute atomic E-state index is 12.7. The summed E-state index contributed by atoms with van der Waals surface area (Å²) >= 11 is 11.8. The second kappa shape index (κ2) is 22.2. The molecule has 0 aliphatic carbocycles. The monoisotopic (exact) mass is 974 g/mol. The number of rotatable bonds is 8. The number of hydrogen-bond donors (Lipinski definition) is 6. The minimum atomic E-state index is -5.86. The minimum absolute atomic E-state index is 0. The van der Waals surface area contributed by atoms with Crippen molar-refractivity contribution in [3.63, 3.8) is 0 Å². The van der Waals surface area contributed by atoms with Crippen molar-refractivity contribution in [2.24, 2.45) is 0 Å². The molecule has 2 aliphatic rings. The fourth-order valence-corrected chi connectivity index (χ4v) is 7.25. The van der Waals surface area contributed by atoms with Crippen molar-refractivity contribution in [1.29, 1.82) is 0 Å². The normalized spacial score (nSPS) is 12.9. The van der Waals surface area contributed by atoms with Gasteiger partial charge >= 0.3 is 34.8 Å². The van der Waals surface area contributed by atoms with Crippen LogP contribution in [0.25, 0.3) is 11.3 Å². The van der Waals surface area contributed by atoms with Gasteiger partial charge in [-0.15, -0.1) is 5.10 Å². The predicted octanol–water partition coefficient (Wildman–Crippen LogP) is 7.22. The van der Waals surface area contributed by atoms with Gasteiger partial charge in [-0.25, -0.2) is 9.59 Å². The Kier molecular flexibility index (Phi) is 17.0. The predicted molar refractivity (Wildman–Crippen MR) is 243 cm³/mol. The van der Waals surface area contributed by atoms with Crippen molar-refractivity contribution in [3.8, 4) is 28.6 Å². The average molecular weight is 976 g/mol. The zero-order chi connectivity index (χ0) is 46.9. The molecule has 2 aromatic heterocycles. The summed E-state index contributed by atoms with van der Waals surface area (Å²) in [5.74, 6) is 0.766. The van der Waals surface area contributed by atoms with Gasteiger partial charge in [0.1, 0.15) is 11.5 Å². The first-order chi connectivity index (χ1) is 30.9. The number of nitrogens with zero attached hydrogens (tertiary/aromatic N) is 4. The van der Waals surface area contributed by atoms with Gasteiger partial charge in [0, 0.05) is 69.9 Å². The Bertz CT molecular complexity index is 2710. The number of carbonyl (C=O) groups excluding carboxylic acids is 2. The molecule has 4 heterocycles. The summed E-state index contributed by atoms with van der Waals surface area (Å²) in [5.41, 5.74) is 0.438. The van der Waals surface area contributed by atoms with Crippen LogP contribution >= 0.6 is 23.2 Å². The van der Waals surface area contributed by atoms with Crippen LogP contribution in [0, 0.1) is 0 Å². The van der Waals surface area contributed by atoms with Crippen LogP contribution in [0.2, 0.25) is 10.0 Å². The number of urea groups is 2. The maximum atomic E-state index is 12.7. The molecule has 6 N–H and O–H groups in total. The maximum Gasteiger partial charge on any atom is 0.534 e. The molecule has 0 spiro atoms.